The summed E-state index contributed by atoms with van der Waals surface area (Å²) in [4.78, 5) is 29.1. The number of carbonyl (C=O) groups excluding carboxylic acids is 2. The smallest absolute Gasteiger partial charge is 0.340 e. The molecule has 1 saturated heterocycles. The molecule has 0 aliphatic carbocycles. The van der Waals surface area contributed by atoms with E-state index in [2.05, 4.69) is 10.3 Å². The van der Waals surface area contributed by atoms with Crippen LogP contribution < -0.4 is 5.32 Å². The minimum Gasteiger partial charge on any atom is -0.465 e. The fourth-order valence-corrected chi connectivity index (χ4v) is 3.81. The zero-order valence-corrected chi connectivity index (χ0v) is 17.3. The number of benzene rings is 2. The van der Waals surface area contributed by atoms with Crippen molar-refractivity contribution in [2.24, 2.45) is 4.99 Å². The number of amidine groups is 1. The maximum atomic E-state index is 12.3. The maximum Gasteiger partial charge on any atom is 0.340 e. The van der Waals surface area contributed by atoms with Gasteiger partial charge in [-0.05, 0) is 48.2 Å². The molecule has 1 aromatic heterocycles. The first-order valence-electron chi connectivity index (χ1n) is 8.86. The van der Waals surface area contributed by atoms with Crippen molar-refractivity contribution < 1.29 is 18.7 Å². The molecule has 1 aliphatic rings. The molecule has 0 bridgehead atoms. The van der Waals surface area contributed by atoms with Gasteiger partial charge >= 0.3 is 5.97 Å². The van der Waals surface area contributed by atoms with Gasteiger partial charge in [-0.3, -0.25) is 4.79 Å². The second kappa shape index (κ2) is 8.61. The fraction of sp³-hybridized carbons (Fsp3) is 0.0455. The van der Waals surface area contributed by atoms with Gasteiger partial charge in [0, 0.05) is 16.7 Å². The Kier molecular flexibility index (Phi) is 5.74. The van der Waals surface area contributed by atoms with Crippen LogP contribution >= 0.6 is 23.4 Å². The Morgan fingerprint density at radius 2 is 2.00 bits per heavy atom. The SMILES string of the molecule is COC(=O)c1ccccc1N=C1NC(=O)/C(=C\c2ccc(-c3cccc(Cl)c3)o2)S1. The standard InChI is InChI=1S/C22H15ClN2O4S/c1-28-21(27)16-7-2-3-8-17(16)24-22-25-20(26)19(30-22)12-15-9-10-18(29-15)13-5-4-6-14(23)11-13/h2-12H,1H3,(H,24,25,26)/b19-12+. The third-order valence-corrected chi connectivity index (χ3v) is 5.34. The van der Waals surface area contributed by atoms with Crippen LogP contribution in [0.15, 0.2) is 75.0 Å². The number of halogens is 1. The van der Waals surface area contributed by atoms with E-state index in [9.17, 15) is 9.59 Å². The van der Waals surface area contributed by atoms with E-state index in [1.807, 2.05) is 18.2 Å². The van der Waals surface area contributed by atoms with Crippen LogP contribution in [0.4, 0.5) is 5.69 Å². The van der Waals surface area contributed by atoms with Gasteiger partial charge in [-0.2, -0.15) is 0 Å². The molecule has 3 aromatic rings. The molecule has 1 amide bonds. The van der Waals surface area contributed by atoms with E-state index in [0.29, 0.717) is 37.9 Å². The van der Waals surface area contributed by atoms with Gasteiger partial charge in [0.1, 0.15) is 11.5 Å². The van der Waals surface area contributed by atoms with E-state index in [1.165, 1.54) is 7.11 Å². The zero-order valence-electron chi connectivity index (χ0n) is 15.7. The molecule has 0 unspecified atom stereocenters. The number of rotatable bonds is 4. The number of carbonyl (C=O) groups is 2. The van der Waals surface area contributed by atoms with Crippen LogP contribution in [0.1, 0.15) is 16.1 Å². The Morgan fingerprint density at radius 1 is 1.17 bits per heavy atom. The summed E-state index contributed by atoms with van der Waals surface area (Å²) >= 11 is 7.19. The van der Waals surface area contributed by atoms with E-state index >= 15 is 0 Å². The molecular weight excluding hydrogens is 424 g/mol. The molecule has 0 spiro atoms. The summed E-state index contributed by atoms with van der Waals surface area (Å²) in [5.41, 5.74) is 1.57. The first-order valence-corrected chi connectivity index (χ1v) is 10.1. The Bertz CT molecular complexity index is 1200. The monoisotopic (exact) mass is 438 g/mol. The zero-order chi connectivity index (χ0) is 21.1. The van der Waals surface area contributed by atoms with Crippen LogP contribution in [0.25, 0.3) is 17.4 Å². The third-order valence-electron chi connectivity index (χ3n) is 4.19. The molecule has 0 atom stereocenters. The second-order valence-corrected chi connectivity index (χ2v) is 7.67. The minimum atomic E-state index is -0.496. The van der Waals surface area contributed by atoms with Gasteiger partial charge in [0.15, 0.2) is 5.17 Å². The first kappa shape index (κ1) is 20.0. The van der Waals surface area contributed by atoms with E-state index in [4.69, 9.17) is 20.8 Å². The number of aliphatic imine (C=N–C) groups is 1. The molecule has 1 N–H and O–H groups in total. The van der Waals surface area contributed by atoms with E-state index in [-0.39, 0.29) is 5.91 Å². The highest BCUT2D eigenvalue weighted by atomic mass is 35.5. The van der Waals surface area contributed by atoms with Crippen molar-refractivity contribution in [3.63, 3.8) is 0 Å². The quantitative estimate of drug-likeness (QED) is 0.443. The summed E-state index contributed by atoms with van der Waals surface area (Å²) in [7, 11) is 1.31. The number of amides is 1. The number of esters is 1. The molecule has 2 heterocycles. The first-order chi connectivity index (χ1) is 14.5. The molecule has 0 radical (unpaired) electrons. The molecule has 0 saturated carbocycles. The lowest BCUT2D eigenvalue weighted by atomic mass is 10.2. The molecule has 30 heavy (non-hydrogen) atoms. The van der Waals surface area contributed by atoms with Gasteiger partial charge < -0.3 is 14.5 Å². The highest BCUT2D eigenvalue weighted by Crippen LogP contribution is 2.31. The molecule has 1 fully saturated rings. The predicted octanol–water partition coefficient (Wildman–Crippen LogP) is 5.28. The maximum absolute atomic E-state index is 12.3. The van der Waals surface area contributed by atoms with Gasteiger partial charge in [-0.25, -0.2) is 9.79 Å². The molecule has 150 valence electrons. The summed E-state index contributed by atoms with van der Waals surface area (Å²) in [5, 5.41) is 3.68. The normalized spacial score (nSPS) is 16.1. The van der Waals surface area contributed by atoms with Gasteiger partial charge in [0.2, 0.25) is 0 Å². The third kappa shape index (κ3) is 4.32. The van der Waals surface area contributed by atoms with E-state index in [1.54, 1.807) is 48.5 Å². The average Bonchev–Trinajstić information content (AvgIpc) is 3.35. The molecule has 8 heteroatoms. The average molecular weight is 439 g/mol. The van der Waals surface area contributed by atoms with Gasteiger partial charge in [-0.15, -0.1) is 0 Å². The van der Waals surface area contributed by atoms with Crippen LogP contribution in [0.3, 0.4) is 0 Å². The molecule has 6 nitrogen and oxygen atoms in total. The fourth-order valence-electron chi connectivity index (χ4n) is 2.80. The van der Waals surface area contributed by atoms with Gasteiger partial charge in [0.05, 0.1) is 23.3 Å². The Morgan fingerprint density at radius 3 is 2.80 bits per heavy atom. The summed E-state index contributed by atoms with van der Waals surface area (Å²) < 4.78 is 10.6. The van der Waals surface area contributed by atoms with Crippen molar-refractivity contribution in [1.82, 2.24) is 5.32 Å². The topological polar surface area (TPSA) is 80.9 Å². The lowest BCUT2D eigenvalue weighted by Gasteiger charge is -2.03. The van der Waals surface area contributed by atoms with E-state index in [0.717, 1.165) is 17.3 Å². The summed E-state index contributed by atoms with van der Waals surface area (Å²) in [6.45, 7) is 0. The van der Waals surface area contributed by atoms with Crippen molar-refractivity contribution in [3.8, 4) is 11.3 Å². The number of furan rings is 1. The number of thioether (sulfide) groups is 1. The summed E-state index contributed by atoms with van der Waals surface area (Å²) in [5.74, 6) is 0.381. The van der Waals surface area contributed by atoms with Crippen LogP contribution in [0, 0.1) is 0 Å². The predicted molar refractivity (Wildman–Crippen MR) is 118 cm³/mol. The van der Waals surface area contributed by atoms with Crippen LogP contribution in [-0.4, -0.2) is 24.2 Å². The number of nitrogens with zero attached hydrogens (tertiary/aromatic N) is 1. The van der Waals surface area contributed by atoms with E-state index < -0.39 is 5.97 Å². The van der Waals surface area contributed by atoms with Crippen molar-refractivity contribution in [2.75, 3.05) is 7.11 Å². The Hall–Kier alpha value is -3.29. The number of nitrogens with one attached hydrogen (secondary N) is 1. The lowest BCUT2D eigenvalue weighted by molar-refractivity contribution is -0.115. The van der Waals surface area contributed by atoms with Gasteiger partial charge in [-0.1, -0.05) is 35.9 Å². The summed E-state index contributed by atoms with van der Waals surface area (Å²) in [6.07, 6.45) is 1.64. The van der Waals surface area contributed by atoms with Crippen LogP contribution in [-0.2, 0) is 9.53 Å². The summed E-state index contributed by atoms with van der Waals surface area (Å²) in [6, 6.07) is 17.7. The van der Waals surface area contributed by atoms with Crippen molar-refractivity contribution >= 4 is 52.2 Å². The number of hydrogen-bond acceptors (Lipinski definition) is 6. The number of methoxy groups -OCH3 is 1. The second-order valence-electron chi connectivity index (χ2n) is 6.20. The molecule has 2 aromatic carbocycles. The molecule has 4 rings (SSSR count). The number of para-hydroxylation sites is 1. The number of ether oxygens (including phenoxy) is 1. The largest absolute Gasteiger partial charge is 0.465 e. The van der Waals surface area contributed by atoms with Crippen molar-refractivity contribution in [3.05, 3.63) is 81.9 Å². The van der Waals surface area contributed by atoms with Crippen LogP contribution in [0.2, 0.25) is 5.02 Å². The Balaban J connectivity index is 1.57. The Labute approximate surface area is 181 Å². The molecule has 1 aliphatic heterocycles. The molecular formula is C22H15ClN2O4S. The van der Waals surface area contributed by atoms with Crippen LogP contribution in [0.5, 0.6) is 0 Å². The minimum absolute atomic E-state index is 0.296. The van der Waals surface area contributed by atoms with Gasteiger partial charge in [0.25, 0.3) is 5.91 Å². The van der Waals surface area contributed by atoms with Crippen molar-refractivity contribution in [1.29, 1.82) is 0 Å². The lowest BCUT2D eigenvalue weighted by Crippen LogP contribution is -2.19. The highest BCUT2D eigenvalue weighted by Gasteiger charge is 2.25. The highest BCUT2D eigenvalue weighted by molar-refractivity contribution is 8.18. The number of hydrogen-bond donors (Lipinski definition) is 1. The van der Waals surface area contributed by atoms with Crippen molar-refractivity contribution in [2.45, 2.75) is 0 Å².